The Morgan fingerprint density at radius 2 is 1.74 bits per heavy atom. The zero-order valence-electron chi connectivity index (χ0n) is 17.6. The zero-order valence-corrected chi connectivity index (χ0v) is 19.1. The summed E-state index contributed by atoms with van der Waals surface area (Å²) in [5.41, 5.74) is -4.56. The highest BCUT2D eigenvalue weighted by atomic mass is 35.5. The molecule has 4 rings (SSSR count). The standard InChI is InChI=1S/C22H16Cl2F6N2O3/c23-16-6-14(5-15(19(16)24)21(25,26)27)20(22(28,29)30)7-17(31-35-20)12-3-1-11(2-4-12)13-8-32(9-13)18(34)10-33/h1-6,13,33H,7-10H2. The van der Waals surface area contributed by atoms with Crippen molar-refractivity contribution in [2.75, 3.05) is 19.7 Å². The Hall–Kier alpha value is -2.50. The minimum absolute atomic E-state index is 0.00702. The number of carbonyl (C=O) groups excluding carboxylic acids is 1. The number of likely N-dealkylation sites (tertiary alicyclic amines) is 1. The fraction of sp³-hybridized carbons (Fsp3) is 0.364. The third-order valence-electron chi connectivity index (χ3n) is 6.07. The molecule has 0 spiro atoms. The molecule has 13 heteroatoms. The number of aliphatic hydroxyl groups excluding tert-OH is 1. The van der Waals surface area contributed by atoms with Crippen LogP contribution in [0.15, 0.2) is 41.6 Å². The summed E-state index contributed by atoms with van der Waals surface area (Å²) in [5.74, 6) is -0.387. The van der Waals surface area contributed by atoms with Crippen LogP contribution >= 0.6 is 23.2 Å². The van der Waals surface area contributed by atoms with Crippen LogP contribution in [0.4, 0.5) is 26.3 Å². The maximum absolute atomic E-state index is 14.2. The van der Waals surface area contributed by atoms with Crippen LogP contribution < -0.4 is 0 Å². The molecule has 1 saturated heterocycles. The molecule has 0 radical (unpaired) electrons. The fourth-order valence-electron chi connectivity index (χ4n) is 4.03. The highest BCUT2D eigenvalue weighted by Gasteiger charge is 2.63. The Morgan fingerprint density at radius 3 is 2.29 bits per heavy atom. The largest absolute Gasteiger partial charge is 0.435 e. The first-order valence-corrected chi connectivity index (χ1v) is 10.9. The van der Waals surface area contributed by atoms with Crippen LogP contribution in [0.1, 0.15) is 34.6 Å². The van der Waals surface area contributed by atoms with E-state index in [1.165, 1.54) is 17.0 Å². The summed E-state index contributed by atoms with van der Waals surface area (Å²) in [6.07, 6.45) is -11.1. The lowest BCUT2D eigenvalue weighted by molar-refractivity contribution is -0.276. The van der Waals surface area contributed by atoms with Crippen LogP contribution in [-0.2, 0) is 21.4 Å². The van der Waals surface area contributed by atoms with Crippen molar-refractivity contribution in [1.82, 2.24) is 4.90 Å². The number of aliphatic hydroxyl groups is 1. The molecule has 35 heavy (non-hydrogen) atoms. The molecule has 1 fully saturated rings. The van der Waals surface area contributed by atoms with E-state index in [1.807, 2.05) is 0 Å². The molecule has 0 aromatic heterocycles. The van der Waals surface area contributed by atoms with Gasteiger partial charge in [-0.05, 0) is 23.3 Å². The smallest absolute Gasteiger partial charge is 0.387 e. The van der Waals surface area contributed by atoms with Crippen LogP contribution in [0.3, 0.4) is 0 Å². The van der Waals surface area contributed by atoms with E-state index in [2.05, 4.69) is 5.16 Å². The summed E-state index contributed by atoms with van der Waals surface area (Å²) in [4.78, 5) is 17.7. The molecule has 1 N–H and O–H groups in total. The Balaban J connectivity index is 1.60. The van der Waals surface area contributed by atoms with Gasteiger partial charge in [0.15, 0.2) is 0 Å². The van der Waals surface area contributed by atoms with Crippen LogP contribution in [0.25, 0.3) is 0 Å². The fourth-order valence-corrected chi connectivity index (χ4v) is 4.46. The van der Waals surface area contributed by atoms with Gasteiger partial charge >= 0.3 is 12.4 Å². The number of hydrogen-bond acceptors (Lipinski definition) is 4. The molecule has 2 aliphatic heterocycles. The monoisotopic (exact) mass is 540 g/mol. The highest BCUT2D eigenvalue weighted by molar-refractivity contribution is 6.42. The predicted octanol–water partition coefficient (Wildman–Crippen LogP) is 5.51. The number of carbonyl (C=O) groups is 1. The van der Waals surface area contributed by atoms with E-state index in [9.17, 15) is 31.1 Å². The molecule has 0 bridgehead atoms. The van der Waals surface area contributed by atoms with E-state index in [0.29, 0.717) is 24.7 Å². The predicted molar refractivity (Wildman–Crippen MR) is 114 cm³/mol. The first-order valence-electron chi connectivity index (χ1n) is 10.1. The van der Waals surface area contributed by atoms with E-state index in [0.717, 1.165) is 5.56 Å². The number of benzene rings is 2. The summed E-state index contributed by atoms with van der Waals surface area (Å²) < 4.78 is 82.7. The molecule has 1 amide bonds. The van der Waals surface area contributed by atoms with Gasteiger partial charge in [0, 0.05) is 31.0 Å². The van der Waals surface area contributed by atoms with Crippen LogP contribution in [-0.4, -0.2) is 47.5 Å². The molecule has 188 valence electrons. The van der Waals surface area contributed by atoms with Gasteiger partial charge in [-0.25, -0.2) is 0 Å². The second-order valence-electron chi connectivity index (χ2n) is 8.22. The molecule has 2 aromatic rings. The van der Waals surface area contributed by atoms with Crippen molar-refractivity contribution in [2.45, 2.75) is 30.3 Å². The molecular weight excluding hydrogens is 525 g/mol. The summed E-state index contributed by atoms with van der Waals surface area (Å²) in [7, 11) is 0. The lowest BCUT2D eigenvalue weighted by Crippen LogP contribution is -2.49. The summed E-state index contributed by atoms with van der Waals surface area (Å²) in [6, 6.07) is 7.35. The molecule has 1 unspecified atom stereocenters. The van der Waals surface area contributed by atoms with Gasteiger partial charge in [-0.2, -0.15) is 26.3 Å². The molecule has 5 nitrogen and oxygen atoms in total. The van der Waals surface area contributed by atoms with Gasteiger partial charge in [0.05, 0.1) is 21.3 Å². The van der Waals surface area contributed by atoms with Crippen molar-refractivity contribution in [3.8, 4) is 0 Å². The topological polar surface area (TPSA) is 62.1 Å². The maximum Gasteiger partial charge on any atom is 0.435 e. The van der Waals surface area contributed by atoms with Gasteiger partial charge in [-0.3, -0.25) is 4.79 Å². The highest BCUT2D eigenvalue weighted by Crippen LogP contribution is 2.51. The quantitative estimate of drug-likeness (QED) is 0.520. The SMILES string of the molecule is O=C(CO)N1CC(c2ccc(C3=NOC(c4cc(Cl)c(Cl)c(C(F)(F)F)c4)(C(F)(F)F)C3)cc2)C1. The van der Waals surface area contributed by atoms with E-state index >= 15 is 0 Å². The summed E-state index contributed by atoms with van der Waals surface area (Å²) in [6.45, 7) is 0.216. The van der Waals surface area contributed by atoms with E-state index in [1.54, 1.807) is 12.1 Å². The van der Waals surface area contributed by atoms with Crippen LogP contribution in [0.2, 0.25) is 10.0 Å². The van der Waals surface area contributed by atoms with Gasteiger partial charge in [0.2, 0.25) is 5.91 Å². The number of halogens is 8. The van der Waals surface area contributed by atoms with Gasteiger partial charge < -0.3 is 14.8 Å². The van der Waals surface area contributed by atoms with E-state index < -0.39 is 58.1 Å². The molecule has 1 atom stereocenters. The van der Waals surface area contributed by atoms with Crippen molar-refractivity contribution in [3.63, 3.8) is 0 Å². The van der Waals surface area contributed by atoms with Crippen molar-refractivity contribution < 1.29 is 41.1 Å². The second-order valence-corrected chi connectivity index (χ2v) is 9.01. The minimum atomic E-state index is -5.13. The summed E-state index contributed by atoms with van der Waals surface area (Å²) in [5, 5.41) is 10.8. The zero-order chi connectivity index (χ0) is 25.8. The Kier molecular flexibility index (Phi) is 6.48. The van der Waals surface area contributed by atoms with Gasteiger partial charge in [-0.15, -0.1) is 0 Å². The number of nitrogens with zero attached hydrogens (tertiary/aromatic N) is 2. The molecule has 2 aromatic carbocycles. The van der Waals surface area contributed by atoms with Crippen molar-refractivity contribution in [2.24, 2.45) is 5.16 Å². The third-order valence-corrected chi connectivity index (χ3v) is 6.87. The summed E-state index contributed by atoms with van der Waals surface area (Å²) >= 11 is 11.3. The lowest BCUT2D eigenvalue weighted by Gasteiger charge is -2.39. The number of oxime groups is 1. The van der Waals surface area contributed by atoms with Crippen molar-refractivity contribution >= 4 is 34.8 Å². The molecule has 2 heterocycles. The Labute approximate surface area is 204 Å². The first-order chi connectivity index (χ1) is 16.3. The van der Waals surface area contributed by atoms with Gasteiger partial charge in [0.25, 0.3) is 5.60 Å². The van der Waals surface area contributed by atoms with E-state index in [4.69, 9.17) is 33.1 Å². The van der Waals surface area contributed by atoms with Gasteiger partial charge in [0.1, 0.15) is 6.61 Å². The Bertz CT molecular complexity index is 1180. The lowest BCUT2D eigenvalue weighted by atomic mass is 9.85. The minimum Gasteiger partial charge on any atom is -0.387 e. The second kappa shape index (κ2) is 8.86. The van der Waals surface area contributed by atoms with Crippen molar-refractivity contribution in [1.29, 1.82) is 0 Å². The van der Waals surface area contributed by atoms with E-state index in [-0.39, 0.29) is 17.7 Å². The first kappa shape index (κ1) is 25.6. The Morgan fingerprint density at radius 1 is 1.11 bits per heavy atom. The van der Waals surface area contributed by atoms with Crippen molar-refractivity contribution in [3.05, 3.63) is 68.7 Å². The molecular formula is C22H16Cl2F6N2O3. The number of amides is 1. The molecule has 0 aliphatic carbocycles. The number of hydrogen-bond donors (Lipinski definition) is 1. The number of alkyl halides is 6. The maximum atomic E-state index is 14.2. The van der Waals surface area contributed by atoms with Gasteiger partial charge in [-0.1, -0.05) is 52.6 Å². The van der Waals surface area contributed by atoms with Crippen LogP contribution in [0.5, 0.6) is 0 Å². The van der Waals surface area contributed by atoms with Crippen LogP contribution in [0, 0.1) is 0 Å². The normalized spacial score (nSPS) is 20.9. The molecule has 2 aliphatic rings. The third kappa shape index (κ3) is 4.56. The average molecular weight is 541 g/mol. The number of rotatable bonds is 4. The average Bonchev–Trinajstić information content (AvgIpc) is 3.21. The molecule has 0 saturated carbocycles.